The van der Waals surface area contributed by atoms with E-state index in [1.165, 1.54) is 21.3 Å². The SMILES string of the molecule is CCN(C(=O)CCSCCS(=O)(=O)c1ccc(C(F)(F)F)cn1)c1cn(-c2cccnc2)nc1Cl. The van der Waals surface area contributed by atoms with E-state index in [0.29, 0.717) is 35.9 Å². The van der Waals surface area contributed by atoms with Crippen molar-refractivity contribution >= 4 is 44.8 Å². The van der Waals surface area contributed by atoms with Gasteiger partial charge in [-0.3, -0.25) is 9.78 Å². The van der Waals surface area contributed by atoms with Gasteiger partial charge in [-0.1, -0.05) is 11.6 Å². The van der Waals surface area contributed by atoms with Crippen LogP contribution in [0.4, 0.5) is 18.9 Å². The summed E-state index contributed by atoms with van der Waals surface area (Å²) in [7, 11) is -3.84. The summed E-state index contributed by atoms with van der Waals surface area (Å²) in [5.41, 5.74) is 0.114. The lowest BCUT2D eigenvalue weighted by Gasteiger charge is -2.19. The molecule has 0 unspecified atom stereocenters. The number of sulfone groups is 1. The molecule has 0 saturated heterocycles. The molecule has 0 radical (unpaired) electrons. The number of hydrogen-bond donors (Lipinski definition) is 0. The van der Waals surface area contributed by atoms with Crippen molar-refractivity contribution in [1.29, 1.82) is 0 Å². The zero-order valence-electron chi connectivity index (χ0n) is 18.4. The van der Waals surface area contributed by atoms with E-state index in [0.717, 1.165) is 6.07 Å². The van der Waals surface area contributed by atoms with E-state index in [4.69, 9.17) is 11.6 Å². The van der Waals surface area contributed by atoms with Crippen molar-refractivity contribution in [3.05, 3.63) is 59.8 Å². The van der Waals surface area contributed by atoms with Crippen LogP contribution in [0.2, 0.25) is 5.15 Å². The normalized spacial score (nSPS) is 12.0. The maximum absolute atomic E-state index is 12.8. The molecule has 8 nitrogen and oxygen atoms in total. The highest BCUT2D eigenvalue weighted by molar-refractivity contribution is 8.00. The molecule has 0 aliphatic carbocycles. The number of thioether (sulfide) groups is 1. The Hall–Kier alpha value is -2.64. The van der Waals surface area contributed by atoms with E-state index in [-0.39, 0.29) is 29.0 Å². The second-order valence-electron chi connectivity index (χ2n) is 7.16. The van der Waals surface area contributed by atoms with E-state index in [1.807, 2.05) is 0 Å². The first-order valence-corrected chi connectivity index (χ1v) is 13.5. The van der Waals surface area contributed by atoms with Crippen LogP contribution in [0.1, 0.15) is 18.9 Å². The number of nitrogens with zero attached hydrogens (tertiary/aromatic N) is 5. The number of rotatable bonds is 10. The van der Waals surface area contributed by atoms with Gasteiger partial charge in [0.15, 0.2) is 20.0 Å². The smallest absolute Gasteiger partial charge is 0.308 e. The minimum Gasteiger partial charge on any atom is -0.308 e. The number of carbonyl (C=O) groups is 1. The van der Waals surface area contributed by atoms with E-state index >= 15 is 0 Å². The highest BCUT2D eigenvalue weighted by Gasteiger charge is 2.31. The average Bonchev–Trinajstić information content (AvgIpc) is 3.20. The van der Waals surface area contributed by atoms with Crippen molar-refractivity contribution in [2.75, 3.05) is 28.7 Å². The minimum atomic E-state index is -4.59. The largest absolute Gasteiger partial charge is 0.417 e. The van der Waals surface area contributed by atoms with Crippen molar-refractivity contribution in [3.8, 4) is 5.69 Å². The topological polar surface area (TPSA) is 98.1 Å². The summed E-state index contributed by atoms with van der Waals surface area (Å²) < 4.78 is 64.0. The summed E-state index contributed by atoms with van der Waals surface area (Å²) in [5.74, 6) is -0.0187. The van der Waals surface area contributed by atoms with Gasteiger partial charge in [0.05, 0.1) is 29.4 Å². The molecular formula is C21H21ClF3N5O3S2. The molecule has 1 amide bonds. The molecule has 188 valence electrons. The Morgan fingerprint density at radius 3 is 2.57 bits per heavy atom. The first-order valence-electron chi connectivity index (χ1n) is 10.3. The molecule has 0 aromatic carbocycles. The van der Waals surface area contributed by atoms with Gasteiger partial charge < -0.3 is 4.90 Å². The lowest BCUT2D eigenvalue weighted by atomic mass is 10.3. The van der Waals surface area contributed by atoms with Gasteiger partial charge in [-0.05, 0) is 31.2 Å². The van der Waals surface area contributed by atoms with Crippen molar-refractivity contribution in [3.63, 3.8) is 0 Å². The Morgan fingerprint density at radius 1 is 1.20 bits per heavy atom. The summed E-state index contributed by atoms with van der Waals surface area (Å²) in [6, 6.07) is 5.08. The Labute approximate surface area is 209 Å². The van der Waals surface area contributed by atoms with Crippen LogP contribution >= 0.6 is 23.4 Å². The maximum atomic E-state index is 12.8. The number of alkyl halides is 3. The molecule has 0 aliphatic rings. The highest BCUT2D eigenvalue weighted by atomic mass is 35.5. The van der Waals surface area contributed by atoms with Crippen LogP contribution in [0.15, 0.2) is 54.1 Å². The molecule has 0 atom stereocenters. The van der Waals surface area contributed by atoms with Crippen LogP contribution in [0.3, 0.4) is 0 Å². The monoisotopic (exact) mass is 547 g/mol. The molecule has 3 rings (SSSR count). The average molecular weight is 548 g/mol. The number of anilines is 1. The van der Waals surface area contributed by atoms with Crippen molar-refractivity contribution in [2.24, 2.45) is 0 Å². The third kappa shape index (κ3) is 6.95. The molecule has 0 saturated carbocycles. The fraction of sp³-hybridized carbons (Fsp3) is 0.333. The Bertz CT molecular complexity index is 1250. The summed E-state index contributed by atoms with van der Waals surface area (Å²) in [4.78, 5) is 21.7. The maximum Gasteiger partial charge on any atom is 0.417 e. The first kappa shape index (κ1) is 27.0. The van der Waals surface area contributed by atoms with Crippen LogP contribution in [0.25, 0.3) is 5.69 Å². The Balaban J connectivity index is 1.52. The lowest BCUT2D eigenvalue weighted by Crippen LogP contribution is -2.30. The predicted molar refractivity (Wildman–Crippen MR) is 128 cm³/mol. The number of amides is 1. The van der Waals surface area contributed by atoms with E-state index in [1.54, 1.807) is 37.6 Å². The number of hydrogen-bond acceptors (Lipinski definition) is 7. The summed E-state index contributed by atoms with van der Waals surface area (Å²) in [5, 5.41) is 3.97. The van der Waals surface area contributed by atoms with Gasteiger partial charge in [0.25, 0.3) is 0 Å². The number of aromatic nitrogens is 4. The third-order valence-electron chi connectivity index (χ3n) is 4.81. The fourth-order valence-electron chi connectivity index (χ4n) is 3.03. The van der Waals surface area contributed by atoms with E-state index < -0.39 is 26.6 Å². The van der Waals surface area contributed by atoms with Gasteiger partial charge in [0.1, 0.15) is 5.69 Å². The fourth-order valence-corrected chi connectivity index (χ4v) is 5.83. The van der Waals surface area contributed by atoms with Crippen LogP contribution in [-0.4, -0.2) is 57.9 Å². The van der Waals surface area contributed by atoms with Gasteiger partial charge in [0.2, 0.25) is 5.91 Å². The molecule has 0 bridgehead atoms. The van der Waals surface area contributed by atoms with E-state index in [9.17, 15) is 26.4 Å². The number of pyridine rings is 2. The molecule has 3 aromatic rings. The second kappa shape index (κ2) is 11.4. The van der Waals surface area contributed by atoms with Crippen LogP contribution in [0.5, 0.6) is 0 Å². The van der Waals surface area contributed by atoms with Crippen molar-refractivity contribution < 1.29 is 26.4 Å². The predicted octanol–water partition coefficient (Wildman–Crippen LogP) is 4.28. The molecule has 3 aromatic heterocycles. The number of halogens is 4. The molecule has 14 heteroatoms. The Kier molecular flexibility index (Phi) is 8.78. The van der Waals surface area contributed by atoms with E-state index in [2.05, 4.69) is 15.1 Å². The van der Waals surface area contributed by atoms with Gasteiger partial charge in [-0.15, -0.1) is 0 Å². The molecule has 0 aliphatic heterocycles. The zero-order valence-corrected chi connectivity index (χ0v) is 20.8. The summed E-state index contributed by atoms with van der Waals surface area (Å²) in [6.45, 7) is 2.16. The first-order chi connectivity index (χ1) is 16.5. The highest BCUT2D eigenvalue weighted by Crippen LogP contribution is 2.29. The lowest BCUT2D eigenvalue weighted by molar-refractivity contribution is -0.137. The van der Waals surface area contributed by atoms with Crippen molar-refractivity contribution in [2.45, 2.75) is 24.5 Å². The standard InChI is InChI=1S/C21H21ClF3N5O3S2/c1-2-29(17-14-30(28-20(17)22)16-4-3-8-26-13-16)19(31)7-9-34-10-11-35(32,33)18-6-5-15(12-27-18)21(23,24)25/h3-6,8,12-14H,2,7,9-11H2,1H3. The number of carbonyl (C=O) groups excluding carboxylic acids is 1. The molecule has 0 N–H and O–H groups in total. The summed E-state index contributed by atoms with van der Waals surface area (Å²) >= 11 is 7.50. The van der Waals surface area contributed by atoms with Gasteiger partial charge in [0, 0.05) is 36.9 Å². The quantitative estimate of drug-likeness (QED) is 0.349. The van der Waals surface area contributed by atoms with Gasteiger partial charge in [-0.25, -0.2) is 18.1 Å². The van der Waals surface area contributed by atoms with Crippen LogP contribution < -0.4 is 4.90 Å². The molecular weight excluding hydrogens is 527 g/mol. The molecule has 0 spiro atoms. The van der Waals surface area contributed by atoms with Crippen LogP contribution in [-0.2, 0) is 20.8 Å². The zero-order chi connectivity index (χ0) is 25.6. The summed E-state index contributed by atoms with van der Waals surface area (Å²) in [6.07, 6.45) is 0.908. The third-order valence-corrected chi connectivity index (χ3v) is 7.94. The second-order valence-corrected chi connectivity index (χ2v) is 10.8. The van der Waals surface area contributed by atoms with Gasteiger partial charge >= 0.3 is 6.18 Å². The van der Waals surface area contributed by atoms with Crippen LogP contribution in [0, 0.1) is 0 Å². The molecule has 3 heterocycles. The Morgan fingerprint density at radius 2 is 1.97 bits per heavy atom. The molecule has 0 fully saturated rings. The molecule has 35 heavy (non-hydrogen) atoms. The minimum absolute atomic E-state index is 0.130. The van der Waals surface area contributed by atoms with Crippen molar-refractivity contribution in [1.82, 2.24) is 19.7 Å². The van der Waals surface area contributed by atoms with Gasteiger partial charge in [-0.2, -0.15) is 30.0 Å².